The first kappa shape index (κ1) is 12.5. The molecule has 1 saturated heterocycles. The van der Waals surface area contributed by atoms with Crippen LogP contribution in [0.2, 0.25) is 0 Å². The summed E-state index contributed by atoms with van der Waals surface area (Å²) in [7, 11) is 0. The van der Waals surface area contributed by atoms with Gasteiger partial charge in [0.2, 0.25) is 0 Å². The molecule has 0 radical (unpaired) electrons. The van der Waals surface area contributed by atoms with Gasteiger partial charge in [-0.1, -0.05) is 30.3 Å². The summed E-state index contributed by atoms with van der Waals surface area (Å²) in [5.74, 6) is -2.82. The SMILES string of the molecule is OC1CCN(CC(F)(F)c2ccccc2)CC1. The summed E-state index contributed by atoms with van der Waals surface area (Å²) < 4.78 is 27.9. The molecule has 4 heteroatoms. The Labute approximate surface area is 99.9 Å². The number of benzene rings is 1. The lowest BCUT2D eigenvalue weighted by molar-refractivity contribution is -0.0500. The van der Waals surface area contributed by atoms with E-state index >= 15 is 0 Å². The molecule has 17 heavy (non-hydrogen) atoms. The second-order valence-electron chi connectivity index (χ2n) is 4.58. The summed E-state index contributed by atoms with van der Waals surface area (Å²) in [6.07, 6.45) is 0.854. The van der Waals surface area contributed by atoms with Crippen LogP contribution < -0.4 is 0 Å². The standard InChI is InChI=1S/C13H17F2NO/c14-13(15,11-4-2-1-3-5-11)10-16-8-6-12(17)7-9-16/h1-5,12,17H,6-10H2. The van der Waals surface area contributed by atoms with Gasteiger partial charge < -0.3 is 5.11 Å². The molecule has 0 spiro atoms. The van der Waals surface area contributed by atoms with Crippen LogP contribution in [0.4, 0.5) is 8.78 Å². The second kappa shape index (κ2) is 5.10. The van der Waals surface area contributed by atoms with Crippen molar-refractivity contribution in [3.05, 3.63) is 35.9 Å². The molecular formula is C13H17F2NO. The van der Waals surface area contributed by atoms with Gasteiger partial charge in [-0.15, -0.1) is 0 Å². The molecule has 1 aromatic rings. The van der Waals surface area contributed by atoms with Crippen LogP contribution in [-0.2, 0) is 5.92 Å². The van der Waals surface area contributed by atoms with Crippen LogP contribution in [0, 0.1) is 0 Å². The van der Waals surface area contributed by atoms with Crippen LogP contribution in [-0.4, -0.2) is 35.7 Å². The first-order valence-electron chi connectivity index (χ1n) is 5.92. The minimum absolute atomic E-state index is 0.0612. The third kappa shape index (κ3) is 3.23. The predicted octanol–water partition coefficient (Wildman–Crippen LogP) is 2.24. The van der Waals surface area contributed by atoms with E-state index in [1.54, 1.807) is 23.1 Å². The molecule has 2 nitrogen and oxygen atoms in total. The van der Waals surface area contributed by atoms with Gasteiger partial charge in [-0.05, 0) is 12.8 Å². The molecule has 1 aliphatic rings. The average molecular weight is 241 g/mol. The van der Waals surface area contributed by atoms with Crippen molar-refractivity contribution in [1.29, 1.82) is 0 Å². The van der Waals surface area contributed by atoms with Crippen molar-refractivity contribution in [3.8, 4) is 0 Å². The Morgan fingerprint density at radius 2 is 1.76 bits per heavy atom. The van der Waals surface area contributed by atoms with Crippen molar-refractivity contribution >= 4 is 0 Å². The maximum absolute atomic E-state index is 13.9. The van der Waals surface area contributed by atoms with E-state index < -0.39 is 5.92 Å². The second-order valence-corrected chi connectivity index (χ2v) is 4.58. The number of hydrogen-bond acceptors (Lipinski definition) is 2. The molecule has 1 aromatic carbocycles. The summed E-state index contributed by atoms with van der Waals surface area (Å²) in [6.45, 7) is 0.830. The van der Waals surface area contributed by atoms with Crippen molar-refractivity contribution in [2.45, 2.75) is 24.9 Å². The van der Waals surface area contributed by atoms with Crippen LogP contribution in [0.15, 0.2) is 30.3 Å². The summed E-state index contributed by atoms with van der Waals surface area (Å²) in [6, 6.07) is 7.90. The topological polar surface area (TPSA) is 23.5 Å². The first-order valence-corrected chi connectivity index (χ1v) is 5.92. The Morgan fingerprint density at radius 3 is 2.35 bits per heavy atom. The smallest absolute Gasteiger partial charge is 0.285 e. The highest BCUT2D eigenvalue weighted by atomic mass is 19.3. The van der Waals surface area contributed by atoms with E-state index in [4.69, 9.17) is 0 Å². The maximum Gasteiger partial charge on any atom is 0.285 e. The van der Waals surface area contributed by atoms with E-state index in [1.807, 2.05) is 0 Å². The van der Waals surface area contributed by atoms with Gasteiger partial charge in [-0.3, -0.25) is 4.90 Å². The van der Waals surface area contributed by atoms with Gasteiger partial charge in [0, 0.05) is 18.7 Å². The number of hydrogen-bond donors (Lipinski definition) is 1. The zero-order valence-electron chi connectivity index (χ0n) is 9.65. The number of piperidine rings is 1. The Bertz CT molecular complexity index is 348. The molecule has 1 N–H and O–H groups in total. The number of aliphatic hydroxyl groups is 1. The van der Waals surface area contributed by atoms with Gasteiger partial charge >= 0.3 is 0 Å². The largest absolute Gasteiger partial charge is 0.393 e. The van der Waals surface area contributed by atoms with Gasteiger partial charge in [-0.2, -0.15) is 8.78 Å². The lowest BCUT2D eigenvalue weighted by atomic mass is 10.0. The van der Waals surface area contributed by atoms with E-state index in [1.165, 1.54) is 12.1 Å². The van der Waals surface area contributed by atoms with Crippen molar-refractivity contribution in [3.63, 3.8) is 0 Å². The highest BCUT2D eigenvalue weighted by Crippen LogP contribution is 2.29. The summed E-state index contributed by atoms with van der Waals surface area (Å²) >= 11 is 0. The van der Waals surface area contributed by atoms with E-state index in [0.29, 0.717) is 25.9 Å². The van der Waals surface area contributed by atoms with Crippen molar-refractivity contribution in [2.24, 2.45) is 0 Å². The highest BCUT2D eigenvalue weighted by Gasteiger charge is 2.34. The Hall–Kier alpha value is -1.00. The molecule has 0 aromatic heterocycles. The van der Waals surface area contributed by atoms with Crippen LogP contribution in [0.25, 0.3) is 0 Å². The number of nitrogens with zero attached hydrogens (tertiary/aromatic N) is 1. The molecule has 0 saturated carbocycles. The van der Waals surface area contributed by atoms with E-state index in [0.717, 1.165) is 0 Å². The summed E-state index contributed by atoms with van der Waals surface area (Å²) in [5.41, 5.74) is 0.0612. The molecule has 94 valence electrons. The molecule has 0 atom stereocenters. The molecule has 0 bridgehead atoms. The molecule has 0 unspecified atom stereocenters. The van der Waals surface area contributed by atoms with Gasteiger partial charge in [0.15, 0.2) is 0 Å². The van der Waals surface area contributed by atoms with Gasteiger partial charge in [-0.25, -0.2) is 0 Å². The van der Waals surface area contributed by atoms with Gasteiger partial charge in [0.1, 0.15) is 0 Å². The van der Waals surface area contributed by atoms with Crippen LogP contribution in [0.5, 0.6) is 0 Å². The predicted molar refractivity (Wildman–Crippen MR) is 62.0 cm³/mol. The fourth-order valence-electron chi connectivity index (χ4n) is 2.13. The quantitative estimate of drug-likeness (QED) is 0.877. The third-order valence-electron chi connectivity index (χ3n) is 3.18. The highest BCUT2D eigenvalue weighted by molar-refractivity contribution is 5.20. The minimum atomic E-state index is -2.82. The molecule has 0 amide bonds. The van der Waals surface area contributed by atoms with Crippen LogP contribution in [0.1, 0.15) is 18.4 Å². The Morgan fingerprint density at radius 1 is 1.18 bits per heavy atom. The summed E-state index contributed by atoms with van der Waals surface area (Å²) in [5, 5.41) is 9.33. The van der Waals surface area contributed by atoms with E-state index in [-0.39, 0.29) is 18.2 Å². The fourth-order valence-corrected chi connectivity index (χ4v) is 2.13. The van der Waals surface area contributed by atoms with E-state index in [9.17, 15) is 13.9 Å². The number of alkyl halides is 2. The number of likely N-dealkylation sites (tertiary alicyclic amines) is 1. The molecule has 1 aliphatic heterocycles. The first-order chi connectivity index (χ1) is 8.08. The lowest BCUT2D eigenvalue weighted by Gasteiger charge is -2.32. The van der Waals surface area contributed by atoms with Crippen molar-refractivity contribution in [2.75, 3.05) is 19.6 Å². The van der Waals surface area contributed by atoms with E-state index in [2.05, 4.69) is 0 Å². The monoisotopic (exact) mass is 241 g/mol. The lowest BCUT2D eigenvalue weighted by Crippen LogP contribution is -2.41. The normalized spacial score (nSPS) is 19.5. The average Bonchev–Trinajstić information content (AvgIpc) is 2.33. The molecule has 0 aliphatic carbocycles. The minimum Gasteiger partial charge on any atom is -0.393 e. The van der Waals surface area contributed by atoms with Crippen LogP contribution in [0.3, 0.4) is 0 Å². The number of rotatable bonds is 3. The number of aliphatic hydroxyl groups excluding tert-OH is 1. The van der Waals surface area contributed by atoms with Crippen molar-refractivity contribution in [1.82, 2.24) is 4.90 Å². The van der Waals surface area contributed by atoms with Gasteiger partial charge in [0.25, 0.3) is 5.92 Å². The number of halogens is 2. The fraction of sp³-hybridized carbons (Fsp3) is 0.538. The Kier molecular flexibility index (Phi) is 3.74. The summed E-state index contributed by atoms with van der Waals surface area (Å²) in [4.78, 5) is 1.72. The molecule has 1 fully saturated rings. The Balaban J connectivity index is 1.98. The maximum atomic E-state index is 13.9. The molecule has 1 heterocycles. The third-order valence-corrected chi connectivity index (χ3v) is 3.18. The van der Waals surface area contributed by atoms with Gasteiger partial charge in [0.05, 0.1) is 12.6 Å². The van der Waals surface area contributed by atoms with Crippen molar-refractivity contribution < 1.29 is 13.9 Å². The molecule has 2 rings (SSSR count). The zero-order chi connectivity index (χ0) is 12.3. The zero-order valence-corrected chi connectivity index (χ0v) is 9.65. The molecular weight excluding hydrogens is 224 g/mol. The van der Waals surface area contributed by atoms with Crippen LogP contribution >= 0.6 is 0 Å².